The maximum Gasteiger partial charge on any atom is 0.243 e. The SMILES string of the molecule is O=S(=O)(c1ccc(O)cc1)N1CCN(c2nc(NCCN3CCOCC3)nc(N3CCOCC3)n2)CC1. The van der Waals surface area contributed by atoms with Crippen molar-refractivity contribution < 1.29 is 23.0 Å². The van der Waals surface area contributed by atoms with Gasteiger partial charge in [-0.15, -0.1) is 0 Å². The van der Waals surface area contributed by atoms with Gasteiger partial charge >= 0.3 is 0 Å². The summed E-state index contributed by atoms with van der Waals surface area (Å²) in [5, 5.41) is 12.8. The van der Waals surface area contributed by atoms with Crippen molar-refractivity contribution in [3.05, 3.63) is 24.3 Å². The first-order chi connectivity index (χ1) is 18.0. The van der Waals surface area contributed by atoms with Crippen molar-refractivity contribution in [3.63, 3.8) is 0 Å². The number of nitrogens with zero attached hydrogens (tertiary/aromatic N) is 7. The molecule has 2 aromatic rings. The summed E-state index contributed by atoms with van der Waals surface area (Å²) in [5.74, 6) is 1.68. The molecule has 0 amide bonds. The number of hydrogen-bond donors (Lipinski definition) is 2. The highest BCUT2D eigenvalue weighted by Crippen LogP contribution is 2.23. The third-order valence-electron chi connectivity index (χ3n) is 6.72. The number of benzene rings is 1. The standard InChI is InChI=1S/C23H34N8O5S/c32-19-1-3-20(4-2-19)37(33,34)31-9-7-29(8-10-31)22-25-21(24-5-6-28-11-15-35-16-12-28)26-23(27-22)30-13-17-36-18-14-30/h1-4,32H,5-18H2,(H,24,25,26,27). The lowest BCUT2D eigenvalue weighted by Gasteiger charge is -2.34. The molecule has 0 aliphatic carbocycles. The summed E-state index contributed by atoms with van der Waals surface area (Å²) in [7, 11) is -3.65. The van der Waals surface area contributed by atoms with Crippen LogP contribution in [0.4, 0.5) is 17.8 Å². The number of morpholine rings is 2. The highest BCUT2D eigenvalue weighted by molar-refractivity contribution is 7.89. The van der Waals surface area contributed by atoms with Crippen molar-refractivity contribution >= 4 is 27.9 Å². The van der Waals surface area contributed by atoms with Crippen LogP contribution in [0, 0.1) is 0 Å². The quantitative estimate of drug-likeness (QED) is 0.459. The lowest BCUT2D eigenvalue weighted by Crippen LogP contribution is -2.49. The summed E-state index contributed by atoms with van der Waals surface area (Å²) in [6.45, 7) is 9.08. The third kappa shape index (κ3) is 6.38. The number of anilines is 3. The van der Waals surface area contributed by atoms with Gasteiger partial charge in [0, 0.05) is 65.4 Å². The van der Waals surface area contributed by atoms with Gasteiger partial charge in [-0.25, -0.2) is 8.42 Å². The van der Waals surface area contributed by atoms with Gasteiger partial charge in [-0.2, -0.15) is 19.3 Å². The van der Waals surface area contributed by atoms with Crippen LogP contribution in [-0.2, 0) is 19.5 Å². The Morgan fingerprint density at radius 2 is 1.35 bits per heavy atom. The summed E-state index contributed by atoms with van der Waals surface area (Å²) in [6, 6.07) is 5.61. The van der Waals surface area contributed by atoms with Crippen molar-refractivity contribution in [3.8, 4) is 5.75 Å². The van der Waals surface area contributed by atoms with Crippen molar-refractivity contribution in [1.29, 1.82) is 0 Å². The van der Waals surface area contributed by atoms with Crippen molar-refractivity contribution in [2.75, 3.05) is 107 Å². The molecule has 37 heavy (non-hydrogen) atoms. The van der Waals surface area contributed by atoms with Crippen LogP contribution in [0.2, 0.25) is 0 Å². The maximum absolute atomic E-state index is 13.0. The molecule has 0 unspecified atom stereocenters. The molecule has 4 heterocycles. The Hall–Kier alpha value is -2.78. The normalized spacial score (nSPS) is 20.2. The van der Waals surface area contributed by atoms with Crippen molar-refractivity contribution in [1.82, 2.24) is 24.2 Å². The molecule has 1 aromatic heterocycles. The van der Waals surface area contributed by atoms with Gasteiger partial charge in [0.05, 0.1) is 31.3 Å². The Kier molecular flexibility index (Phi) is 8.20. The second kappa shape index (κ2) is 11.7. The van der Waals surface area contributed by atoms with Gasteiger partial charge < -0.3 is 29.7 Å². The van der Waals surface area contributed by atoms with Gasteiger partial charge in [-0.3, -0.25) is 4.90 Å². The summed E-state index contributed by atoms with van der Waals surface area (Å²) in [6.07, 6.45) is 0. The molecule has 0 spiro atoms. The highest BCUT2D eigenvalue weighted by Gasteiger charge is 2.30. The lowest BCUT2D eigenvalue weighted by molar-refractivity contribution is 0.0398. The molecular weight excluding hydrogens is 500 g/mol. The second-order valence-electron chi connectivity index (χ2n) is 9.12. The Balaban J connectivity index is 1.27. The highest BCUT2D eigenvalue weighted by atomic mass is 32.2. The fraction of sp³-hybridized carbons (Fsp3) is 0.609. The zero-order valence-electron chi connectivity index (χ0n) is 20.8. The molecule has 5 rings (SSSR count). The van der Waals surface area contributed by atoms with Crippen LogP contribution in [-0.4, -0.2) is 130 Å². The van der Waals surface area contributed by atoms with E-state index >= 15 is 0 Å². The number of aromatic nitrogens is 3. The van der Waals surface area contributed by atoms with E-state index < -0.39 is 10.0 Å². The predicted octanol–water partition coefficient (Wildman–Crippen LogP) is -0.331. The van der Waals surface area contributed by atoms with Gasteiger partial charge in [0.15, 0.2) is 0 Å². The topological polar surface area (TPSA) is 136 Å². The number of phenolic OH excluding ortho intramolecular Hbond substituents is 1. The maximum atomic E-state index is 13.0. The first-order valence-corrected chi connectivity index (χ1v) is 14.1. The van der Waals surface area contributed by atoms with E-state index in [0.29, 0.717) is 76.9 Å². The zero-order valence-corrected chi connectivity index (χ0v) is 21.6. The molecule has 2 N–H and O–H groups in total. The van der Waals surface area contributed by atoms with Crippen LogP contribution in [0.25, 0.3) is 0 Å². The van der Waals surface area contributed by atoms with E-state index in [1.165, 1.54) is 28.6 Å². The van der Waals surface area contributed by atoms with E-state index in [-0.39, 0.29) is 10.6 Å². The summed E-state index contributed by atoms with van der Waals surface area (Å²) < 4.78 is 38.5. The molecule has 0 bridgehead atoms. The minimum atomic E-state index is -3.65. The molecule has 1 aromatic carbocycles. The Labute approximate surface area is 217 Å². The molecule has 3 aliphatic rings. The predicted molar refractivity (Wildman–Crippen MR) is 138 cm³/mol. The second-order valence-corrected chi connectivity index (χ2v) is 11.1. The molecule has 0 saturated carbocycles. The molecule has 0 radical (unpaired) electrons. The van der Waals surface area contributed by atoms with Crippen molar-refractivity contribution in [2.24, 2.45) is 0 Å². The molecular formula is C23H34N8O5S. The Morgan fingerprint density at radius 3 is 1.97 bits per heavy atom. The zero-order chi connectivity index (χ0) is 25.7. The van der Waals surface area contributed by atoms with Crippen LogP contribution < -0.4 is 15.1 Å². The van der Waals surface area contributed by atoms with Crippen LogP contribution in [0.15, 0.2) is 29.2 Å². The number of hydrogen-bond acceptors (Lipinski definition) is 12. The summed E-state index contributed by atoms with van der Waals surface area (Å²) in [4.78, 5) is 20.7. The first kappa shape index (κ1) is 25.9. The molecule has 3 saturated heterocycles. The minimum absolute atomic E-state index is 0.0315. The van der Waals surface area contributed by atoms with E-state index in [9.17, 15) is 13.5 Å². The lowest BCUT2D eigenvalue weighted by atomic mass is 10.3. The smallest absolute Gasteiger partial charge is 0.243 e. The first-order valence-electron chi connectivity index (χ1n) is 12.7. The van der Waals surface area contributed by atoms with Gasteiger partial charge in [-0.05, 0) is 24.3 Å². The number of nitrogens with one attached hydrogen (secondary N) is 1. The number of ether oxygens (including phenoxy) is 2. The molecule has 202 valence electrons. The summed E-state index contributed by atoms with van der Waals surface area (Å²) >= 11 is 0. The largest absolute Gasteiger partial charge is 0.508 e. The number of sulfonamides is 1. The Morgan fingerprint density at radius 1 is 0.784 bits per heavy atom. The number of rotatable bonds is 8. The number of phenols is 1. The third-order valence-corrected chi connectivity index (χ3v) is 8.63. The average molecular weight is 535 g/mol. The van der Waals surface area contributed by atoms with Crippen LogP contribution >= 0.6 is 0 Å². The number of aromatic hydroxyl groups is 1. The number of piperazine rings is 1. The van der Waals surface area contributed by atoms with Crippen LogP contribution in [0.3, 0.4) is 0 Å². The van der Waals surface area contributed by atoms with Crippen LogP contribution in [0.1, 0.15) is 0 Å². The monoisotopic (exact) mass is 534 g/mol. The summed E-state index contributed by atoms with van der Waals surface area (Å²) in [5.41, 5.74) is 0. The van der Waals surface area contributed by atoms with E-state index in [2.05, 4.69) is 25.1 Å². The fourth-order valence-corrected chi connectivity index (χ4v) is 5.95. The van der Waals surface area contributed by atoms with E-state index in [0.717, 1.165) is 32.8 Å². The molecule has 3 fully saturated rings. The van der Waals surface area contributed by atoms with E-state index in [1.807, 2.05) is 4.90 Å². The van der Waals surface area contributed by atoms with E-state index in [1.54, 1.807) is 0 Å². The molecule has 0 atom stereocenters. The molecule has 14 heteroatoms. The van der Waals surface area contributed by atoms with Gasteiger partial charge in [-0.1, -0.05) is 0 Å². The molecule has 3 aliphatic heterocycles. The average Bonchev–Trinajstić information content (AvgIpc) is 2.94. The van der Waals surface area contributed by atoms with Gasteiger partial charge in [0.1, 0.15) is 5.75 Å². The fourth-order valence-electron chi connectivity index (χ4n) is 4.53. The van der Waals surface area contributed by atoms with Gasteiger partial charge in [0.25, 0.3) is 0 Å². The minimum Gasteiger partial charge on any atom is -0.508 e. The van der Waals surface area contributed by atoms with Gasteiger partial charge in [0.2, 0.25) is 27.9 Å². The molecule has 13 nitrogen and oxygen atoms in total. The van der Waals surface area contributed by atoms with Crippen molar-refractivity contribution in [2.45, 2.75) is 4.90 Å². The van der Waals surface area contributed by atoms with Crippen LogP contribution in [0.5, 0.6) is 5.75 Å². The Bertz CT molecular complexity index is 1130. The van der Waals surface area contributed by atoms with E-state index in [4.69, 9.17) is 14.5 Å².